The van der Waals surface area contributed by atoms with Gasteiger partial charge in [0.1, 0.15) is 0 Å². The van der Waals surface area contributed by atoms with Crippen LogP contribution in [0.15, 0.2) is 34.5 Å². The molecule has 0 aromatic heterocycles. The van der Waals surface area contributed by atoms with Crippen LogP contribution >= 0.6 is 0 Å². The third-order valence-electron chi connectivity index (χ3n) is 4.36. The molecule has 0 N–H and O–H groups in total. The molecule has 0 heterocycles. The third kappa shape index (κ3) is 4.53. The highest BCUT2D eigenvalue weighted by Crippen LogP contribution is 2.39. The Balaban J connectivity index is 3.24. The topological polar surface area (TPSA) is 61.8 Å². The number of ketones is 2. The molecule has 1 aliphatic carbocycles. The van der Waals surface area contributed by atoms with E-state index in [-0.39, 0.29) is 23.1 Å². The second-order valence-corrected chi connectivity index (χ2v) is 7.29. The summed E-state index contributed by atoms with van der Waals surface area (Å²) in [6, 6.07) is 0. The first-order chi connectivity index (χ1) is 11.6. The fourth-order valence-corrected chi connectivity index (χ4v) is 3.08. The first-order valence-corrected chi connectivity index (χ1v) is 8.46. The maximum absolute atomic E-state index is 12.9. The Bertz CT molecular complexity index is 632. The second kappa shape index (κ2) is 8.37. The van der Waals surface area contributed by atoms with Crippen LogP contribution in [0.3, 0.4) is 0 Å². The minimum absolute atomic E-state index is 0.0284. The molecule has 0 unspecified atom stereocenters. The van der Waals surface area contributed by atoms with E-state index in [0.717, 1.165) is 12.2 Å². The molecule has 0 saturated carbocycles. The van der Waals surface area contributed by atoms with Gasteiger partial charge < -0.3 is 14.2 Å². The van der Waals surface area contributed by atoms with Crippen LogP contribution in [0, 0.1) is 11.3 Å². The molecule has 0 atom stereocenters. The molecule has 1 aliphatic rings. The number of methoxy groups -OCH3 is 3. The van der Waals surface area contributed by atoms with Crippen LogP contribution in [-0.4, -0.2) is 32.9 Å². The van der Waals surface area contributed by atoms with Gasteiger partial charge in [0.25, 0.3) is 0 Å². The number of rotatable bonds is 8. The Labute approximate surface area is 150 Å². The average molecular weight is 350 g/mol. The highest BCUT2D eigenvalue weighted by molar-refractivity contribution is 6.23. The summed E-state index contributed by atoms with van der Waals surface area (Å²) >= 11 is 0. The van der Waals surface area contributed by atoms with Crippen molar-refractivity contribution in [2.45, 2.75) is 47.5 Å². The van der Waals surface area contributed by atoms with Gasteiger partial charge >= 0.3 is 0 Å². The number of hydrogen-bond acceptors (Lipinski definition) is 5. The third-order valence-corrected chi connectivity index (χ3v) is 4.36. The van der Waals surface area contributed by atoms with E-state index in [2.05, 4.69) is 13.8 Å². The maximum Gasteiger partial charge on any atom is 0.228 e. The van der Waals surface area contributed by atoms with Crippen molar-refractivity contribution < 1.29 is 23.8 Å². The summed E-state index contributed by atoms with van der Waals surface area (Å²) in [6.45, 7) is 9.80. The molecule has 0 fully saturated rings. The largest absolute Gasteiger partial charge is 0.501 e. The van der Waals surface area contributed by atoms with Crippen molar-refractivity contribution in [2.75, 3.05) is 21.3 Å². The average Bonchev–Trinajstić information content (AvgIpc) is 2.54. The lowest BCUT2D eigenvalue weighted by Crippen LogP contribution is -2.32. The Morgan fingerprint density at radius 2 is 1.56 bits per heavy atom. The summed E-state index contributed by atoms with van der Waals surface area (Å²) in [5, 5.41) is 0. The molecular weight excluding hydrogens is 320 g/mol. The van der Waals surface area contributed by atoms with Crippen molar-refractivity contribution in [3.05, 3.63) is 34.5 Å². The maximum atomic E-state index is 12.9. The van der Waals surface area contributed by atoms with Crippen LogP contribution < -0.4 is 0 Å². The van der Waals surface area contributed by atoms with Gasteiger partial charge in [-0.2, -0.15) is 0 Å². The molecule has 25 heavy (non-hydrogen) atoms. The molecule has 1 rings (SSSR count). The van der Waals surface area contributed by atoms with Gasteiger partial charge in [0.2, 0.25) is 23.1 Å². The normalized spacial score (nSPS) is 16.8. The van der Waals surface area contributed by atoms with Crippen LogP contribution in [0.1, 0.15) is 47.5 Å². The number of hydrogen-bond donors (Lipinski definition) is 0. The van der Waals surface area contributed by atoms with Gasteiger partial charge in [0, 0.05) is 17.6 Å². The Morgan fingerprint density at radius 1 is 1.04 bits per heavy atom. The smallest absolute Gasteiger partial charge is 0.228 e. The molecule has 0 saturated heterocycles. The number of ether oxygens (including phenoxy) is 3. The molecule has 0 aliphatic heterocycles. The molecule has 0 aromatic carbocycles. The van der Waals surface area contributed by atoms with Crippen molar-refractivity contribution >= 4 is 11.6 Å². The monoisotopic (exact) mass is 350 g/mol. The van der Waals surface area contributed by atoms with Crippen molar-refractivity contribution in [1.82, 2.24) is 0 Å². The molecule has 0 spiro atoms. The van der Waals surface area contributed by atoms with Crippen LogP contribution in [-0.2, 0) is 23.8 Å². The SMILES string of the molecule is COC1=C(OC)C(=O)C(C(C)(C)C/C=C(/CC(C)C)OC)=C(C)C1=O. The van der Waals surface area contributed by atoms with E-state index in [1.165, 1.54) is 14.2 Å². The van der Waals surface area contributed by atoms with Gasteiger partial charge in [-0.3, -0.25) is 9.59 Å². The van der Waals surface area contributed by atoms with Gasteiger partial charge in [-0.25, -0.2) is 0 Å². The molecule has 0 bridgehead atoms. The fourth-order valence-electron chi connectivity index (χ4n) is 3.08. The molecule has 5 heteroatoms. The Hall–Kier alpha value is -2.04. The van der Waals surface area contributed by atoms with Crippen molar-refractivity contribution in [3.63, 3.8) is 0 Å². The van der Waals surface area contributed by atoms with Gasteiger partial charge in [-0.1, -0.05) is 27.7 Å². The first-order valence-electron chi connectivity index (χ1n) is 8.46. The number of Topliss-reactive ketones (excluding diaryl/α,β-unsaturated/α-hetero) is 2. The second-order valence-electron chi connectivity index (χ2n) is 7.29. The zero-order valence-corrected chi connectivity index (χ0v) is 16.6. The predicted octanol–water partition coefficient (Wildman–Crippen LogP) is 3.95. The van der Waals surface area contributed by atoms with E-state index >= 15 is 0 Å². The molecule has 0 amide bonds. The summed E-state index contributed by atoms with van der Waals surface area (Å²) in [5.41, 5.74) is 0.330. The summed E-state index contributed by atoms with van der Waals surface area (Å²) in [7, 11) is 4.39. The van der Waals surface area contributed by atoms with E-state index in [1.807, 2.05) is 19.9 Å². The van der Waals surface area contributed by atoms with E-state index < -0.39 is 5.41 Å². The summed E-state index contributed by atoms with van der Waals surface area (Å²) in [4.78, 5) is 25.5. The standard InChI is InChI=1S/C20H30O5/c1-12(2)11-14(23-6)9-10-20(4,5)15-13(3)16(21)18(24-7)19(25-8)17(15)22/h9,12H,10-11H2,1-8H3/b14-9-. The van der Waals surface area contributed by atoms with E-state index in [4.69, 9.17) is 14.2 Å². The molecule has 0 aromatic rings. The highest BCUT2D eigenvalue weighted by atomic mass is 16.5. The van der Waals surface area contributed by atoms with Crippen LogP contribution in [0.25, 0.3) is 0 Å². The quantitative estimate of drug-likeness (QED) is 0.490. The number of carbonyl (C=O) groups is 2. The van der Waals surface area contributed by atoms with E-state index in [9.17, 15) is 9.59 Å². The van der Waals surface area contributed by atoms with Gasteiger partial charge in [0.05, 0.1) is 27.1 Å². The number of carbonyl (C=O) groups excluding carboxylic acids is 2. The van der Waals surface area contributed by atoms with Crippen molar-refractivity contribution in [2.24, 2.45) is 11.3 Å². The predicted molar refractivity (Wildman–Crippen MR) is 96.7 cm³/mol. The Morgan fingerprint density at radius 3 is 2.00 bits per heavy atom. The summed E-state index contributed by atoms with van der Waals surface area (Å²) < 4.78 is 15.7. The van der Waals surface area contributed by atoms with E-state index in [0.29, 0.717) is 23.5 Å². The lowest BCUT2D eigenvalue weighted by molar-refractivity contribution is -0.121. The molecule has 0 radical (unpaired) electrons. The fraction of sp³-hybridized carbons (Fsp3) is 0.600. The van der Waals surface area contributed by atoms with Crippen molar-refractivity contribution in [1.29, 1.82) is 0 Å². The lowest BCUT2D eigenvalue weighted by Gasteiger charge is -2.31. The zero-order valence-electron chi connectivity index (χ0n) is 16.6. The van der Waals surface area contributed by atoms with Gasteiger partial charge in [-0.15, -0.1) is 0 Å². The van der Waals surface area contributed by atoms with Crippen LogP contribution in [0.2, 0.25) is 0 Å². The molecular formula is C20H30O5. The first kappa shape index (κ1) is 21.0. The van der Waals surface area contributed by atoms with Gasteiger partial charge in [0.15, 0.2) is 0 Å². The molecule has 140 valence electrons. The van der Waals surface area contributed by atoms with Crippen LogP contribution in [0.5, 0.6) is 0 Å². The summed E-state index contributed by atoms with van der Waals surface area (Å²) in [6.07, 6.45) is 3.41. The minimum Gasteiger partial charge on any atom is -0.501 e. The highest BCUT2D eigenvalue weighted by Gasteiger charge is 2.41. The lowest BCUT2D eigenvalue weighted by atomic mass is 9.73. The Kier molecular flexibility index (Phi) is 7.03. The summed E-state index contributed by atoms with van der Waals surface area (Å²) in [5.74, 6) is 0.700. The zero-order chi connectivity index (χ0) is 19.4. The van der Waals surface area contributed by atoms with Crippen molar-refractivity contribution in [3.8, 4) is 0 Å². The van der Waals surface area contributed by atoms with E-state index in [1.54, 1.807) is 14.0 Å². The van der Waals surface area contributed by atoms with Gasteiger partial charge in [-0.05, 0) is 30.8 Å². The molecule has 5 nitrogen and oxygen atoms in total. The number of allylic oxidation sites excluding steroid dienone is 4. The van der Waals surface area contributed by atoms with Crippen LogP contribution in [0.4, 0.5) is 0 Å². The minimum atomic E-state index is -0.541.